The molecule has 0 aliphatic heterocycles. The Bertz CT molecular complexity index is 894. The second kappa shape index (κ2) is 9.34. The van der Waals surface area contributed by atoms with E-state index >= 15 is 0 Å². The number of carboxylic acid groups (broad SMARTS) is 2. The van der Waals surface area contributed by atoms with Gasteiger partial charge in [-0.1, -0.05) is 12.5 Å². The number of anilines is 1. The van der Waals surface area contributed by atoms with Gasteiger partial charge in [0.05, 0.1) is 0 Å². The number of nitrogens with one attached hydrogen (secondary N) is 1. The lowest BCUT2D eigenvalue weighted by atomic mass is 10.1. The topological polar surface area (TPSA) is 99.5 Å². The predicted octanol–water partition coefficient (Wildman–Crippen LogP) is 5.72. The fraction of sp³-hybridized carbons (Fsp3) is 0.450. The third-order valence-electron chi connectivity index (χ3n) is 4.81. The van der Waals surface area contributed by atoms with E-state index in [1.54, 1.807) is 22.7 Å². The lowest BCUT2D eigenvalue weighted by Crippen LogP contribution is -2.13. The summed E-state index contributed by atoms with van der Waals surface area (Å²) in [7, 11) is 0. The molecule has 4 rings (SSSR count). The van der Waals surface area contributed by atoms with Gasteiger partial charge < -0.3 is 15.5 Å². The molecule has 2 aromatic heterocycles. The number of aromatic nitrogens is 1. The van der Waals surface area contributed by atoms with Crippen molar-refractivity contribution in [2.75, 3.05) is 5.32 Å². The summed E-state index contributed by atoms with van der Waals surface area (Å²) in [5.41, 5.74) is 4.63. The van der Waals surface area contributed by atoms with Crippen molar-refractivity contribution >= 4 is 39.7 Å². The van der Waals surface area contributed by atoms with E-state index in [1.165, 1.54) is 35.3 Å². The average Bonchev–Trinajstić information content (AvgIpc) is 3.33. The zero-order valence-electron chi connectivity index (χ0n) is 15.8. The number of aryl methyl sites for hydroxylation is 2. The molecule has 0 unspecified atom stereocenters. The van der Waals surface area contributed by atoms with Crippen LogP contribution in [0.1, 0.15) is 54.7 Å². The lowest BCUT2D eigenvalue weighted by Gasteiger charge is -2.07. The Morgan fingerprint density at radius 1 is 1.11 bits per heavy atom. The largest absolute Gasteiger partial charge is 0.503 e. The van der Waals surface area contributed by atoms with Gasteiger partial charge in [-0.15, -0.1) is 22.7 Å². The fourth-order valence-corrected chi connectivity index (χ4v) is 5.81. The van der Waals surface area contributed by atoms with Crippen LogP contribution in [0.25, 0.3) is 10.6 Å². The van der Waals surface area contributed by atoms with Gasteiger partial charge in [-0.3, -0.25) is 4.79 Å². The SMILES string of the molecule is Cc1csc(-c2c(NC(=O)C3=CCCC3)sc3c2CCCCC3)n1.O=C(O)O. The van der Waals surface area contributed by atoms with Crippen molar-refractivity contribution in [3.8, 4) is 10.6 Å². The lowest BCUT2D eigenvalue weighted by molar-refractivity contribution is -0.112. The predicted molar refractivity (Wildman–Crippen MR) is 113 cm³/mol. The van der Waals surface area contributed by atoms with Crippen LogP contribution in [0, 0.1) is 6.92 Å². The van der Waals surface area contributed by atoms with E-state index < -0.39 is 6.16 Å². The standard InChI is InChI=1S/C19H22N2OS2.CH2O3/c1-12-11-23-18(20-12)16-14-9-3-2-4-10-15(14)24-19(16)21-17(22)13-7-5-6-8-13;2-1(3)4/h7,11H,2-6,8-10H2,1H3,(H,21,22);(H2,2,3,4). The zero-order valence-corrected chi connectivity index (χ0v) is 17.4. The molecule has 0 bridgehead atoms. The first kappa shape index (κ1) is 20.5. The molecular weight excluding hydrogens is 396 g/mol. The Hall–Kier alpha value is -2.19. The minimum absolute atomic E-state index is 0.0819. The molecule has 0 saturated heterocycles. The highest BCUT2D eigenvalue weighted by atomic mass is 32.1. The van der Waals surface area contributed by atoms with E-state index in [0.717, 1.165) is 53.4 Å². The maximum atomic E-state index is 12.6. The highest BCUT2D eigenvalue weighted by molar-refractivity contribution is 7.18. The summed E-state index contributed by atoms with van der Waals surface area (Å²) in [4.78, 5) is 27.3. The summed E-state index contributed by atoms with van der Waals surface area (Å²) < 4.78 is 0. The first-order chi connectivity index (χ1) is 13.5. The molecule has 3 N–H and O–H groups in total. The molecule has 2 aliphatic carbocycles. The Labute approximate surface area is 171 Å². The van der Waals surface area contributed by atoms with Crippen molar-refractivity contribution in [1.29, 1.82) is 0 Å². The zero-order chi connectivity index (χ0) is 20.1. The van der Waals surface area contributed by atoms with Crippen molar-refractivity contribution in [2.24, 2.45) is 0 Å². The number of allylic oxidation sites excluding steroid dienone is 1. The molecule has 0 radical (unpaired) electrons. The fourth-order valence-electron chi connectivity index (χ4n) is 3.59. The number of carbonyl (C=O) groups is 2. The molecule has 0 spiro atoms. The molecule has 2 heterocycles. The summed E-state index contributed by atoms with van der Waals surface area (Å²) in [5, 5.41) is 21.3. The molecule has 0 fully saturated rings. The van der Waals surface area contributed by atoms with E-state index in [4.69, 9.17) is 20.0 Å². The van der Waals surface area contributed by atoms with Crippen molar-refractivity contribution in [3.05, 3.63) is 33.2 Å². The third kappa shape index (κ3) is 4.99. The van der Waals surface area contributed by atoms with Crippen LogP contribution in [0.15, 0.2) is 17.0 Å². The van der Waals surface area contributed by atoms with E-state index in [2.05, 4.69) is 16.8 Å². The smallest absolute Gasteiger partial charge is 0.450 e. The summed E-state index contributed by atoms with van der Waals surface area (Å²) in [5.74, 6) is 0.0819. The van der Waals surface area contributed by atoms with E-state index in [9.17, 15) is 4.79 Å². The van der Waals surface area contributed by atoms with Crippen LogP contribution in [0.4, 0.5) is 9.80 Å². The molecule has 0 aromatic carbocycles. The van der Waals surface area contributed by atoms with Gasteiger partial charge in [0.25, 0.3) is 5.91 Å². The molecule has 1 amide bonds. The van der Waals surface area contributed by atoms with Crippen molar-refractivity contribution < 1.29 is 19.8 Å². The first-order valence-corrected chi connectivity index (χ1v) is 11.1. The van der Waals surface area contributed by atoms with Crippen LogP contribution >= 0.6 is 22.7 Å². The van der Waals surface area contributed by atoms with Crippen LogP contribution in [-0.4, -0.2) is 27.3 Å². The van der Waals surface area contributed by atoms with Crippen LogP contribution in [0.3, 0.4) is 0 Å². The number of thiazole rings is 1. The second-order valence-corrected chi connectivity index (χ2v) is 8.88. The molecule has 150 valence electrons. The molecular formula is C20H24N2O4S2. The summed E-state index contributed by atoms with van der Waals surface area (Å²) in [6.45, 7) is 2.03. The quantitative estimate of drug-likeness (QED) is 0.552. The van der Waals surface area contributed by atoms with Gasteiger partial charge in [-0.05, 0) is 57.4 Å². The highest BCUT2D eigenvalue weighted by Gasteiger charge is 2.25. The highest BCUT2D eigenvalue weighted by Crippen LogP contribution is 2.44. The number of fused-ring (bicyclic) bond motifs is 1. The Balaban J connectivity index is 0.000000516. The summed E-state index contributed by atoms with van der Waals surface area (Å²) >= 11 is 3.46. The van der Waals surface area contributed by atoms with Gasteiger partial charge in [-0.25, -0.2) is 9.78 Å². The number of hydrogen-bond acceptors (Lipinski definition) is 5. The number of rotatable bonds is 3. The number of carbonyl (C=O) groups excluding carboxylic acids is 1. The van der Waals surface area contributed by atoms with Gasteiger partial charge in [0, 0.05) is 27.1 Å². The van der Waals surface area contributed by atoms with Crippen molar-refractivity contribution in [1.82, 2.24) is 4.98 Å². The molecule has 0 saturated carbocycles. The normalized spacial score (nSPS) is 15.7. The minimum Gasteiger partial charge on any atom is -0.450 e. The second-order valence-electron chi connectivity index (χ2n) is 6.92. The van der Waals surface area contributed by atoms with Gasteiger partial charge in [0.2, 0.25) is 0 Å². The van der Waals surface area contributed by atoms with E-state index in [1.807, 2.05) is 6.92 Å². The number of thiophene rings is 1. The first-order valence-electron chi connectivity index (χ1n) is 9.45. The molecule has 8 heteroatoms. The van der Waals surface area contributed by atoms with Crippen LogP contribution in [0.2, 0.25) is 0 Å². The summed E-state index contributed by atoms with van der Waals surface area (Å²) in [6.07, 6.45) is 9.32. The summed E-state index contributed by atoms with van der Waals surface area (Å²) in [6, 6.07) is 0. The number of nitrogens with zero attached hydrogens (tertiary/aromatic N) is 1. The molecule has 2 aliphatic rings. The Kier molecular flexibility index (Phi) is 6.85. The maximum Gasteiger partial charge on any atom is 0.503 e. The van der Waals surface area contributed by atoms with E-state index in [-0.39, 0.29) is 5.91 Å². The third-order valence-corrected chi connectivity index (χ3v) is 7.00. The van der Waals surface area contributed by atoms with Gasteiger partial charge >= 0.3 is 6.16 Å². The molecule has 6 nitrogen and oxygen atoms in total. The Morgan fingerprint density at radius 3 is 2.50 bits per heavy atom. The van der Waals surface area contributed by atoms with Gasteiger partial charge in [-0.2, -0.15) is 0 Å². The number of amides is 1. The Morgan fingerprint density at radius 2 is 1.86 bits per heavy atom. The van der Waals surface area contributed by atoms with Crippen molar-refractivity contribution in [2.45, 2.75) is 58.3 Å². The van der Waals surface area contributed by atoms with Crippen LogP contribution in [0.5, 0.6) is 0 Å². The minimum atomic E-state index is -1.83. The molecule has 0 atom stereocenters. The monoisotopic (exact) mass is 420 g/mol. The average molecular weight is 421 g/mol. The number of hydrogen-bond donors (Lipinski definition) is 3. The van der Waals surface area contributed by atoms with Crippen LogP contribution < -0.4 is 5.32 Å². The maximum absolute atomic E-state index is 12.6. The van der Waals surface area contributed by atoms with Crippen molar-refractivity contribution in [3.63, 3.8) is 0 Å². The van der Waals surface area contributed by atoms with Crippen LogP contribution in [-0.2, 0) is 17.6 Å². The van der Waals surface area contributed by atoms with E-state index in [0.29, 0.717) is 0 Å². The van der Waals surface area contributed by atoms with Gasteiger partial charge in [0.1, 0.15) is 10.0 Å². The van der Waals surface area contributed by atoms with Gasteiger partial charge in [0.15, 0.2) is 0 Å². The molecule has 28 heavy (non-hydrogen) atoms. The molecule has 2 aromatic rings.